The van der Waals surface area contributed by atoms with Crippen LogP contribution in [-0.4, -0.2) is 37.6 Å². The van der Waals surface area contributed by atoms with Gasteiger partial charge in [-0.15, -0.1) is 10.2 Å². The van der Waals surface area contributed by atoms with E-state index in [4.69, 9.17) is 4.42 Å². The van der Waals surface area contributed by atoms with E-state index >= 15 is 0 Å². The minimum absolute atomic E-state index is 0.0544. The highest BCUT2D eigenvalue weighted by atomic mass is 32.2. The van der Waals surface area contributed by atoms with E-state index in [0.717, 1.165) is 11.1 Å². The molecule has 8 nitrogen and oxygen atoms in total. The Kier molecular flexibility index (Phi) is 4.93. The third kappa shape index (κ3) is 3.80. The number of carbonyl (C=O) groups is 1. The topological polar surface area (TPSA) is 114 Å². The smallest absolute Gasteiger partial charge is 0.251 e. The molecule has 1 aromatic heterocycles. The lowest BCUT2D eigenvalue weighted by atomic mass is 10.0. The first-order chi connectivity index (χ1) is 13.5. The van der Waals surface area contributed by atoms with E-state index in [2.05, 4.69) is 20.2 Å². The number of benzene rings is 2. The zero-order valence-electron chi connectivity index (χ0n) is 14.9. The van der Waals surface area contributed by atoms with E-state index in [9.17, 15) is 13.2 Å². The van der Waals surface area contributed by atoms with Gasteiger partial charge in [-0.05, 0) is 36.2 Å². The Morgan fingerprint density at radius 3 is 2.75 bits per heavy atom. The van der Waals surface area contributed by atoms with Crippen molar-refractivity contribution in [2.24, 2.45) is 0 Å². The van der Waals surface area contributed by atoms with Gasteiger partial charge in [-0.25, -0.2) is 13.1 Å². The van der Waals surface area contributed by atoms with Gasteiger partial charge in [0.25, 0.3) is 5.91 Å². The standard InChI is InChI=1S/C19H18N4O4S/c24-18-16-12-15(7-6-13(16)8-10-20-18)28(25,26)21-11-9-17-22-23-19(27-17)14-4-2-1-3-5-14/h1-7,12,21H,8-11H2,(H,20,24). The fraction of sp³-hybridized carbons (Fsp3) is 0.211. The van der Waals surface area contributed by atoms with Crippen molar-refractivity contribution in [3.05, 3.63) is 65.5 Å². The molecule has 0 saturated carbocycles. The SMILES string of the molecule is O=C1NCCc2ccc(S(=O)(=O)NCCc3nnc(-c4ccccc4)o3)cc21. The monoisotopic (exact) mass is 398 g/mol. The summed E-state index contributed by atoms with van der Waals surface area (Å²) in [6.45, 7) is 0.660. The quantitative estimate of drug-likeness (QED) is 0.651. The number of rotatable bonds is 6. The van der Waals surface area contributed by atoms with Gasteiger partial charge in [0, 0.05) is 30.6 Å². The van der Waals surface area contributed by atoms with E-state index in [-0.39, 0.29) is 23.8 Å². The Balaban J connectivity index is 1.42. The van der Waals surface area contributed by atoms with Crippen molar-refractivity contribution in [2.75, 3.05) is 13.1 Å². The van der Waals surface area contributed by atoms with Crippen molar-refractivity contribution in [3.63, 3.8) is 0 Å². The molecule has 3 aromatic rings. The van der Waals surface area contributed by atoms with Crippen LogP contribution in [0.25, 0.3) is 11.5 Å². The maximum Gasteiger partial charge on any atom is 0.251 e. The van der Waals surface area contributed by atoms with Crippen molar-refractivity contribution in [2.45, 2.75) is 17.7 Å². The predicted octanol–water partition coefficient (Wildman–Crippen LogP) is 1.54. The number of amides is 1. The van der Waals surface area contributed by atoms with Crippen LogP contribution < -0.4 is 10.0 Å². The van der Waals surface area contributed by atoms with E-state index in [1.54, 1.807) is 6.07 Å². The average Bonchev–Trinajstić information content (AvgIpc) is 3.17. The summed E-state index contributed by atoms with van der Waals surface area (Å²) in [4.78, 5) is 12.0. The summed E-state index contributed by atoms with van der Waals surface area (Å²) >= 11 is 0. The molecule has 4 rings (SSSR count). The van der Waals surface area contributed by atoms with E-state index in [1.807, 2.05) is 30.3 Å². The van der Waals surface area contributed by atoms with Crippen LogP contribution >= 0.6 is 0 Å². The molecular weight excluding hydrogens is 380 g/mol. The number of carbonyl (C=O) groups excluding carboxylic acids is 1. The summed E-state index contributed by atoms with van der Waals surface area (Å²) < 4.78 is 33.1. The number of hydrogen-bond donors (Lipinski definition) is 2. The van der Waals surface area contributed by atoms with Crippen molar-refractivity contribution < 1.29 is 17.6 Å². The molecule has 0 spiro atoms. The number of hydrogen-bond acceptors (Lipinski definition) is 6. The Hall–Kier alpha value is -3.04. The zero-order chi connectivity index (χ0) is 19.6. The van der Waals surface area contributed by atoms with E-state index in [1.165, 1.54) is 12.1 Å². The molecule has 2 N–H and O–H groups in total. The number of sulfonamides is 1. The molecule has 0 radical (unpaired) electrons. The molecule has 0 saturated heterocycles. The normalized spacial score (nSPS) is 13.8. The van der Waals surface area contributed by atoms with Crippen LogP contribution in [0.5, 0.6) is 0 Å². The lowest BCUT2D eigenvalue weighted by Gasteiger charge is -2.17. The van der Waals surface area contributed by atoms with Crippen LogP contribution in [0.2, 0.25) is 0 Å². The minimum Gasteiger partial charge on any atom is -0.421 e. The lowest BCUT2D eigenvalue weighted by Crippen LogP contribution is -2.32. The van der Waals surface area contributed by atoms with Crippen molar-refractivity contribution in [3.8, 4) is 11.5 Å². The van der Waals surface area contributed by atoms with Gasteiger partial charge in [0.05, 0.1) is 4.90 Å². The first-order valence-corrected chi connectivity index (χ1v) is 10.3. The largest absolute Gasteiger partial charge is 0.421 e. The molecule has 1 amide bonds. The second-order valence-electron chi connectivity index (χ2n) is 6.34. The van der Waals surface area contributed by atoms with Crippen LogP contribution in [0.15, 0.2) is 57.8 Å². The van der Waals surface area contributed by atoms with Gasteiger partial charge in [0.1, 0.15) is 0 Å². The molecule has 0 aliphatic carbocycles. The van der Waals surface area contributed by atoms with Gasteiger partial charge >= 0.3 is 0 Å². The molecule has 1 aliphatic heterocycles. The van der Waals surface area contributed by atoms with Crippen LogP contribution in [0.3, 0.4) is 0 Å². The zero-order valence-corrected chi connectivity index (χ0v) is 15.7. The third-order valence-corrected chi connectivity index (χ3v) is 5.89. The molecular formula is C19H18N4O4S. The Morgan fingerprint density at radius 2 is 1.93 bits per heavy atom. The molecule has 0 atom stereocenters. The molecule has 28 heavy (non-hydrogen) atoms. The highest BCUT2D eigenvalue weighted by molar-refractivity contribution is 7.89. The molecule has 0 bridgehead atoms. The summed E-state index contributed by atoms with van der Waals surface area (Å²) in [5.41, 5.74) is 2.05. The maximum atomic E-state index is 12.5. The highest BCUT2D eigenvalue weighted by Gasteiger charge is 2.21. The lowest BCUT2D eigenvalue weighted by molar-refractivity contribution is 0.0945. The summed E-state index contributed by atoms with van der Waals surface area (Å²) in [6, 6.07) is 13.9. The Morgan fingerprint density at radius 1 is 1.11 bits per heavy atom. The van der Waals surface area contributed by atoms with Gasteiger partial charge in [-0.1, -0.05) is 24.3 Å². The first-order valence-electron chi connectivity index (χ1n) is 8.81. The van der Waals surface area contributed by atoms with Crippen LogP contribution in [0.4, 0.5) is 0 Å². The maximum absolute atomic E-state index is 12.5. The minimum atomic E-state index is -3.75. The number of fused-ring (bicyclic) bond motifs is 1. The van der Waals surface area contributed by atoms with Gasteiger partial charge < -0.3 is 9.73 Å². The summed E-state index contributed by atoms with van der Waals surface area (Å²) in [6.07, 6.45) is 0.945. The van der Waals surface area contributed by atoms with Crippen LogP contribution in [0.1, 0.15) is 21.8 Å². The number of aromatic nitrogens is 2. The van der Waals surface area contributed by atoms with Gasteiger partial charge in [-0.2, -0.15) is 0 Å². The second-order valence-corrected chi connectivity index (χ2v) is 8.11. The molecule has 9 heteroatoms. The molecule has 2 heterocycles. The second kappa shape index (κ2) is 7.53. The van der Waals surface area contributed by atoms with Gasteiger partial charge in [-0.3, -0.25) is 4.79 Å². The number of nitrogens with zero attached hydrogens (tertiary/aromatic N) is 2. The fourth-order valence-electron chi connectivity index (χ4n) is 2.99. The summed E-state index contributed by atoms with van der Waals surface area (Å²) in [5, 5.41) is 10.6. The van der Waals surface area contributed by atoms with Gasteiger partial charge in [0.15, 0.2) is 0 Å². The van der Waals surface area contributed by atoms with Crippen molar-refractivity contribution in [1.29, 1.82) is 0 Å². The highest BCUT2D eigenvalue weighted by Crippen LogP contribution is 2.20. The molecule has 144 valence electrons. The average molecular weight is 398 g/mol. The first kappa shape index (κ1) is 18.3. The fourth-order valence-corrected chi connectivity index (χ4v) is 4.04. The third-order valence-electron chi connectivity index (χ3n) is 4.43. The van der Waals surface area contributed by atoms with Crippen LogP contribution in [-0.2, 0) is 22.9 Å². The van der Waals surface area contributed by atoms with Gasteiger partial charge in [0.2, 0.25) is 21.8 Å². The molecule has 0 unspecified atom stereocenters. The summed E-state index contributed by atoms with van der Waals surface area (Å²) in [7, 11) is -3.75. The summed E-state index contributed by atoms with van der Waals surface area (Å²) in [5.74, 6) is 0.475. The Bertz CT molecular complexity index is 1110. The van der Waals surface area contributed by atoms with Crippen LogP contribution in [0, 0.1) is 0 Å². The molecule has 1 aliphatic rings. The predicted molar refractivity (Wildman–Crippen MR) is 101 cm³/mol. The molecule has 2 aromatic carbocycles. The Labute approximate surface area is 162 Å². The van der Waals surface area contributed by atoms with E-state index in [0.29, 0.717) is 30.3 Å². The number of nitrogens with one attached hydrogen (secondary N) is 2. The van der Waals surface area contributed by atoms with E-state index < -0.39 is 10.0 Å². The van der Waals surface area contributed by atoms with Crippen molar-refractivity contribution >= 4 is 15.9 Å². The van der Waals surface area contributed by atoms with Crippen molar-refractivity contribution in [1.82, 2.24) is 20.2 Å². The molecule has 0 fully saturated rings.